The fraction of sp³-hybridized carbons (Fsp3) is 0.800. The Morgan fingerprint density at radius 3 is 2.61 bits per heavy atom. The largest absolute Gasteiger partial charge is 0.337 e. The third-order valence-corrected chi connectivity index (χ3v) is 3.73. The van der Waals surface area contributed by atoms with Crippen LogP contribution < -0.4 is 5.32 Å². The van der Waals surface area contributed by atoms with Crippen LogP contribution in [-0.2, 0) is 7.05 Å². The van der Waals surface area contributed by atoms with E-state index in [-0.39, 0.29) is 0 Å². The van der Waals surface area contributed by atoms with Crippen molar-refractivity contribution in [2.75, 3.05) is 6.54 Å². The number of rotatable bonds is 9. The van der Waals surface area contributed by atoms with Crippen LogP contribution in [0.15, 0.2) is 12.4 Å². The molecule has 1 rings (SSSR count). The monoisotopic (exact) mass is 251 g/mol. The van der Waals surface area contributed by atoms with Crippen molar-refractivity contribution < 1.29 is 0 Å². The van der Waals surface area contributed by atoms with Gasteiger partial charge in [-0.3, -0.25) is 0 Å². The first kappa shape index (κ1) is 15.2. The first-order valence-corrected chi connectivity index (χ1v) is 7.43. The molecule has 1 aromatic rings. The van der Waals surface area contributed by atoms with Crippen molar-refractivity contribution in [3.8, 4) is 0 Å². The molecule has 0 saturated carbocycles. The molecule has 0 aliphatic heterocycles. The summed E-state index contributed by atoms with van der Waals surface area (Å²) in [6, 6.07) is 0.400. The van der Waals surface area contributed by atoms with Crippen molar-refractivity contribution >= 4 is 0 Å². The molecular weight excluding hydrogens is 222 g/mol. The Balaban J connectivity index is 2.64. The highest BCUT2D eigenvalue weighted by atomic mass is 15.1. The lowest BCUT2D eigenvalue weighted by molar-refractivity contribution is 0.345. The molecule has 2 atom stereocenters. The van der Waals surface area contributed by atoms with Crippen LogP contribution in [0.4, 0.5) is 0 Å². The van der Waals surface area contributed by atoms with Gasteiger partial charge >= 0.3 is 0 Å². The van der Waals surface area contributed by atoms with Crippen molar-refractivity contribution in [2.24, 2.45) is 13.0 Å². The molecule has 1 aromatic heterocycles. The van der Waals surface area contributed by atoms with Crippen LogP contribution in [0, 0.1) is 5.92 Å². The smallest absolute Gasteiger partial charge is 0.125 e. The van der Waals surface area contributed by atoms with Gasteiger partial charge in [-0.25, -0.2) is 4.98 Å². The normalized spacial score (nSPS) is 14.7. The minimum atomic E-state index is 0.400. The van der Waals surface area contributed by atoms with Crippen molar-refractivity contribution in [1.29, 1.82) is 0 Å². The summed E-state index contributed by atoms with van der Waals surface area (Å²) in [6.45, 7) is 7.75. The third kappa shape index (κ3) is 4.45. The molecule has 0 saturated heterocycles. The number of hydrogen-bond acceptors (Lipinski definition) is 2. The van der Waals surface area contributed by atoms with Gasteiger partial charge in [0.15, 0.2) is 0 Å². The van der Waals surface area contributed by atoms with Crippen LogP contribution in [0.25, 0.3) is 0 Å². The van der Waals surface area contributed by atoms with Gasteiger partial charge in [0, 0.05) is 19.4 Å². The summed E-state index contributed by atoms with van der Waals surface area (Å²) in [6.07, 6.45) is 10.4. The molecule has 0 amide bonds. The Morgan fingerprint density at radius 2 is 2.11 bits per heavy atom. The van der Waals surface area contributed by atoms with E-state index in [1.165, 1.54) is 37.9 Å². The van der Waals surface area contributed by atoms with Gasteiger partial charge in [0.05, 0.1) is 6.04 Å². The molecule has 1 heterocycles. The van der Waals surface area contributed by atoms with Gasteiger partial charge < -0.3 is 9.88 Å². The lowest BCUT2D eigenvalue weighted by Crippen LogP contribution is -2.26. The van der Waals surface area contributed by atoms with Crippen LogP contribution in [0.2, 0.25) is 0 Å². The molecule has 3 nitrogen and oxygen atoms in total. The fourth-order valence-corrected chi connectivity index (χ4v) is 2.55. The molecule has 0 fully saturated rings. The average Bonchev–Trinajstić information content (AvgIpc) is 2.79. The highest BCUT2D eigenvalue weighted by Crippen LogP contribution is 2.25. The van der Waals surface area contributed by atoms with E-state index in [0.29, 0.717) is 6.04 Å². The summed E-state index contributed by atoms with van der Waals surface area (Å²) in [5.74, 6) is 1.98. The zero-order chi connectivity index (χ0) is 13.4. The number of aromatic nitrogens is 2. The highest BCUT2D eigenvalue weighted by molar-refractivity contribution is 4.99. The van der Waals surface area contributed by atoms with E-state index in [9.17, 15) is 0 Å². The predicted octanol–water partition coefficient (Wildman–Crippen LogP) is 3.68. The van der Waals surface area contributed by atoms with Crippen molar-refractivity contribution in [2.45, 2.75) is 58.9 Å². The second kappa shape index (κ2) is 8.30. The van der Waals surface area contributed by atoms with E-state index in [0.717, 1.165) is 12.5 Å². The standard InChI is InChI=1S/C15H29N3/c1-5-8-9-13(6-2)12-14(16-7-3)15-17-10-11-18(15)4/h10-11,13-14,16H,5-9,12H2,1-4H3. The molecule has 3 heteroatoms. The lowest BCUT2D eigenvalue weighted by Gasteiger charge is -2.23. The third-order valence-electron chi connectivity index (χ3n) is 3.73. The van der Waals surface area contributed by atoms with Gasteiger partial charge in [0.25, 0.3) is 0 Å². The quantitative estimate of drug-likeness (QED) is 0.725. The molecule has 104 valence electrons. The number of nitrogens with one attached hydrogen (secondary N) is 1. The van der Waals surface area contributed by atoms with Crippen LogP contribution in [0.1, 0.15) is 64.7 Å². The number of hydrogen-bond donors (Lipinski definition) is 1. The van der Waals surface area contributed by atoms with E-state index in [2.05, 4.69) is 42.7 Å². The predicted molar refractivity (Wildman–Crippen MR) is 77.5 cm³/mol. The lowest BCUT2D eigenvalue weighted by atomic mass is 9.91. The second-order valence-corrected chi connectivity index (χ2v) is 5.16. The zero-order valence-electron chi connectivity index (χ0n) is 12.4. The summed E-state index contributed by atoms with van der Waals surface area (Å²) >= 11 is 0. The van der Waals surface area contributed by atoms with Crippen LogP contribution >= 0.6 is 0 Å². The number of aryl methyl sites for hydroxylation is 1. The minimum absolute atomic E-state index is 0.400. The molecule has 18 heavy (non-hydrogen) atoms. The molecule has 0 aromatic carbocycles. The van der Waals surface area contributed by atoms with Crippen molar-refractivity contribution in [3.05, 3.63) is 18.2 Å². The maximum atomic E-state index is 4.50. The minimum Gasteiger partial charge on any atom is -0.337 e. The summed E-state index contributed by atoms with van der Waals surface area (Å²) in [5.41, 5.74) is 0. The van der Waals surface area contributed by atoms with Gasteiger partial charge in [0.2, 0.25) is 0 Å². The SMILES string of the molecule is CCCCC(CC)CC(NCC)c1nccn1C. The number of imidazole rings is 1. The molecular formula is C15H29N3. The highest BCUT2D eigenvalue weighted by Gasteiger charge is 2.19. The van der Waals surface area contributed by atoms with E-state index in [1.807, 2.05) is 12.4 Å². The van der Waals surface area contributed by atoms with Gasteiger partial charge in [0.1, 0.15) is 5.82 Å². The van der Waals surface area contributed by atoms with E-state index >= 15 is 0 Å². The van der Waals surface area contributed by atoms with E-state index < -0.39 is 0 Å². The maximum Gasteiger partial charge on any atom is 0.125 e. The Hall–Kier alpha value is -0.830. The number of nitrogens with zero attached hydrogens (tertiary/aromatic N) is 2. The number of unbranched alkanes of at least 4 members (excludes halogenated alkanes) is 1. The van der Waals surface area contributed by atoms with Gasteiger partial charge in [-0.15, -0.1) is 0 Å². The Morgan fingerprint density at radius 1 is 1.33 bits per heavy atom. The summed E-state index contributed by atoms with van der Waals surface area (Å²) in [4.78, 5) is 4.50. The molecule has 0 spiro atoms. The van der Waals surface area contributed by atoms with Gasteiger partial charge in [-0.05, 0) is 18.9 Å². The van der Waals surface area contributed by atoms with Gasteiger partial charge in [-0.2, -0.15) is 0 Å². The fourth-order valence-electron chi connectivity index (χ4n) is 2.55. The van der Waals surface area contributed by atoms with E-state index in [1.54, 1.807) is 0 Å². The topological polar surface area (TPSA) is 29.9 Å². The molecule has 0 aliphatic rings. The first-order chi connectivity index (χ1) is 8.72. The van der Waals surface area contributed by atoms with Crippen LogP contribution in [0.5, 0.6) is 0 Å². The van der Waals surface area contributed by atoms with Crippen molar-refractivity contribution in [3.63, 3.8) is 0 Å². The van der Waals surface area contributed by atoms with E-state index in [4.69, 9.17) is 0 Å². The molecule has 0 radical (unpaired) electrons. The Bertz CT molecular complexity index is 319. The van der Waals surface area contributed by atoms with Crippen molar-refractivity contribution in [1.82, 2.24) is 14.9 Å². The second-order valence-electron chi connectivity index (χ2n) is 5.16. The Labute approximate surface area is 112 Å². The first-order valence-electron chi connectivity index (χ1n) is 7.43. The maximum absolute atomic E-state index is 4.50. The van der Waals surface area contributed by atoms with Gasteiger partial charge in [-0.1, -0.05) is 46.5 Å². The zero-order valence-corrected chi connectivity index (χ0v) is 12.4. The Kier molecular flexibility index (Phi) is 7.02. The summed E-state index contributed by atoms with van der Waals surface area (Å²) < 4.78 is 2.14. The van der Waals surface area contributed by atoms with Crippen LogP contribution in [-0.4, -0.2) is 16.1 Å². The van der Waals surface area contributed by atoms with Crippen LogP contribution in [0.3, 0.4) is 0 Å². The molecule has 1 N–H and O–H groups in total. The molecule has 2 unspecified atom stereocenters. The summed E-state index contributed by atoms with van der Waals surface area (Å²) in [7, 11) is 2.08. The molecule has 0 aliphatic carbocycles. The molecule has 0 bridgehead atoms. The summed E-state index contributed by atoms with van der Waals surface area (Å²) in [5, 5.41) is 3.58. The average molecular weight is 251 g/mol.